The topological polar surface area (TPSA) is 55.0 Å². The highest BCUT2D eigenvalue weighted by Gasteiger charge is 2.19. The lowest BCUT2D eigenvalue weighted by molar-refractivity contribution is 0.502. The number of nitrogens with two attached hydrogens (primary N) is 1. The fourth-order valence-corrected chi connectivity index (χ4v) is 2.33. The summed E-state index contributed by atoms with van der Waals surface area (Å²) >= 11 is 1.48. The summed E-state index contributed by atoms with van der Waals surface area (Å²) in [6, 6.07) is 0.387. The molecular weight excluding hydrogens is 184 g/mol. The molecular formula is C8H14N4S. The van der Waals surface area contributed by atoms with Gasteiger partial charge in [-0.1, -0.05) is 4.49 Å². The van der Waals surface area contributed by atoms with Crippen LogP contribution in [0.5, 0.6) is 0 Å². The van der Waals surface area contributed by atoms with Crippen LogP contribution in [0.1, 0.15) is 18.5 Å². The zero-order valence-corrected chi connectivity index (χ0v) is 8.55. The normalized spacial score (nSPS) is 19.4. The predicted octanol–water partition coefficient (Wildman–Crippen LogP) is 0.774. The maximum absolute atomic E-state index is 5.83. The first kappa shape index (κ1) is 8.90. The number of hydrogen-bond acceptors (Lipinski definition) is 5. The molecule has 72 valence electrons. The van der Waals surface area contributed by atoms with E-state index >= 15 is 0 Å². The van der Waals surface area contributed by atoms with Gasteiger partial charge in [-0.05, 0) is 19.8 Å². The van der Waals surface area contributed by atoms with Crippen molar-refractivity contribution in [2.75, 3.05) is 18.0 Å². The van der Waals surface area contributed by atoms with Crippen LogP contribution in [0.25, 0.3) is 0 Å². The molecule has 2 heterocycles. The van der Waals surface area contributed by atoms with Crippen molar-refractivity contribution in [3.8, 4) is 0 Å². The molecule has 0 atom stereocenters. The van der Waals surface area contributed by atoms with E-state index in [1.54, 1.807) is 0 Å². The fraction of sp³-hybridized carbons (Fsp3) is 0.750. The van der Waals surface area contributed by atoms with E-state index in [1.165, 1.54) is 16.5 Å². The summed E-state index contributed by atoms with van der Waals surface area (Å²) in [6.45, 7) is 4.10. The monoisotopic (exact) mass is 198 g/mol. The van der Waals surface area contributed by atoms with Crippen LogP contribution in [0.4, 0.5) is 5.00 Å². The number of anilines is 1. The first-order chi connectivity index (χ1) is 6.27. The van der Waals surface area contributed by atoms with Crippen molar-refractivity contribution in [1.82, 2.24) is 9.59 Å². The molecule has 1 aromatic heterocycles. The molecule has 1 saturated heterocycles. The summed E-state index contributed by atoms with van der Waals surface area (Å²) in [5.74, 6) is 0. The van der Waals surface area contributed by atoms with Crippen LogP contribution in [-0.2, 0) is 0 Å². The summed E-state index contributed by atoms with van der Waals surface area (Å²) < 4.78 is 3.93. The molecule has 0 saturated carbocycles. The second-order valence-electron chi connectivity index (χ2n) is 3.49. The first-order valence-electron chi connectivity index (χ1n) is 4.57. The highest BCUT2D eigenvalue weighted by molar-refractivity contribution is 7.10. The molecule has 1 aliphatic heterocycles. The number of nitrogens with zero attached hydrogens (tertiary/aromatic N) is 3. The summed E-state index contributed by atoms with van der Waals surface area (Å²) in [6.07, 6.45) is 2.16. The first-order valence-corrected chi connectivity index (χ1v) is 5.34. The molecule has 1 aromatic rings. The molecule has 4 nitrogen and oxygen atoms in total. The maximum Gasteiger partial charge on any atom is 0.135 e. The van der Waals surface area contributed by atoms with E-state index in [2.05, 4.69) is 14.5 Å². The molecule has 0 radical (unpaired) electrons. The standard InChI is InChI=1S/C8H14N4S/c1-6-8(13-11-10-6)12-4-2-7(9)3-5-12/h7H,2-5,9H2,1H3. The Morgan fingerprint density at radius 3 is 2.69 bits per heavy atom. The minimum Gasteiger partial charge on any atom is -0.361 e. The second-order valence-corrected chi connectivity index (χ2v) is 4.22. The molecule has 1 aliphatic rings. The zero-order valence-electron chi connectivity index (χ0n) is 7.73. The lowest BCUT2D eigenvalue weighted by atomic mass is 10.1. The quantitative estimate of drug-likeness (QED) is 0.724. The van der Waals surface area contributed by atoms with Gasteiger partial charge in [0.25, 0.3) is 0 Å². The van der Waals surface area contributed by atoms with Gasteiger partial charge in [0.05, 0.1) is 5.69 Å². The molecule has 2 N–H and O–H groups in total. The number of hydrogen-bond donors (Lipinski definition) is 1. The zero-order chi connectivity index (χ0) is 9.26. The molecule has 0 spiro atoms. The Morgan fingerprint density at radius 1 is 1.46 bits per heavy atom. The molecule has 0 bridgehead atoms. The van der Waals surface area contributed by atoms with E-state index in [-0.39, 0.29) is 0 Å². The van der Waals surface area contributed by atoms with E-state index in [1.807, 2.05) is 6.92 Å². The minimum atomic E-state index is 0.387. The second kappa shape index (κ2) is 3.59. The Labute approximate surface area is 81.9 Å². The van der Waals surface area contributed by atoms with Crippen molar-refractivity contribution in [2.24, 2.45) is 5.73 Å². The summed E-state index contributed by atoms with van der Waals surface area (Å²) in [5.41, 5.74) is 6.88. The minimum absolute atomic E-state index is 0.387. The lowest BCUT2D eigenvalue weighted by Gasteiger charge is -2.30. The summed E-state index contributed by atoms with van der Waals surface area (Å²) in [7, 11) is 0. The summed E-state index contributed by atoms with van der Waals surface area (Å²) in [4.78, 5) is 2.34. The molecule has 2 rings (SSSR count). The molecule has 0 aromatic carbocycles. The third-order valence-corrected chi connectivity index (χ3v) is 3.34. The van der Waals surface area contributed by atoms with Crippen LogP contribution < -0.4 is 10.6 Å². The van der Waals surface area contributed by atoms with E-state index in [9.17, 15) is 0 Å². The van der Waals surface area contributed by atoms with Crippen molar-refractivity contribution in [3.63, 3.8) is 0 Å². The van der Waals surface area contributed by atoms with Gasteiger partial charge in [0.15, 0.2) is 0 Å². The van der Waals surface area contributed by atoms with Gasteiger partial charge in [-0.3, -0.25) is 0 Å². The van der Waals surface area contributed by atoms with Crippen molar-refractivity contribution in [2.45, 2.75) is 25.8 Å². The smallest absolute Gasteiger partial charge is 0.135 e. The van der Waals surface area contributed by atoms with Crippen LogP contribution in [-0.4, -0.2) is 28.7 Å². The molecule has 13 heavy (non-hydrogen) atoms. The fourth-order valence-electron chi connectivity index (χ4n) is 1.62. The number of aryl methyl sites for hydroxylation is 1. The number of piperidine rings is 1. The number of aromatic nitrogens is 2. The molecule has 5 heteroatoms. The lowest BCUT2D eigenvalue weighted by Crippen LogP contribution is -2.39. The Bertz CT molecular complexity index is 277. The van der Waals surface area contributed by atoms with Crippen molar-refractivity contribution < 1.29 is 0 Å². The average molecular weight is 198 g/mol. The van der Waals surface area contributed by atoms with Crippen LogP contribution >= 0.6 is 11.5 Å². The van der Waals surface area contributed by atoms with Gasteiger partial charge < -0.3 is 10.6 Å². The van der Waals surface area contributed by atoms with Gasteiger partial charge in [0.2, 0.25) is 0 Å². The van der Waals surface area contributed by atoms with E-state index in [0.717, 1.165) is 31.6 Å². The van der Waals surface area contributed by atoms with Gasteiger partial charge in [-0.25, -0.2) is 0 Å². The third kappa shape index (κ3) is 1.81. The van der Waals surface area contributed by atoms with Crippen LogP contribution in [0.15, 0.2) is 0 Å². The van der Waals surface area contributed by atoms with E-state index < -0.39 is 0 Å². The third-order valence-electron chi connectivity index (χ3n) is 2.45. The Hall–Kier alpha value is -0.680. The molecule has 1 fully saturated rings. The van der Waals surface area contributed by atoms with Gasteiger partial charge >= 0.3 is 0 Å². The highest BCUT2D eigenvalue weighted by atomic mass is 32.1. The molecule has 0 amide bonds. The van der Waals surface area contributed by atoms with Gasteiger partial charge in [0, 0.05) is 30.7 Å². The van der Waals surface area contributed by atoms with Crippen molar-refractivity contribution in [3.05, 3.63) is 5.69 Å². The van der Waals surface area contributed by atoms with Gasteiger partial charge in [-0.2, -0.15) is 0 Å². The van der Waals surface area contributed by atoms with Crippen LogP contribution in [0, 0.1) is 6.92 Å². The highest BCUT2D eigenvalue weighted by Crippen LogP contribution is 2.25. The van der Waals surface area contributed by atoms with Crippen molar-refractivity contribution >= 4 is 16.5 Å². The summed E-state index contributed by atoms with van der Waals surface area (Å²) in [5, 5.41) is 5.22. The maximum atomic E-state index is 5.83. The van der Waals surface area contributed by atoms with E-state index in [4.69, 9.17) is 5.73 Å². The van der Waals surface area contributed by atoms with Gasteiger partial charge in [-0.15, -0.1) is 5.10 Å². The SMILES string of the molecule is Cc1nnsc1N1CCC(N)CC1. The largest absolute Gasteiger partial charge is 0.361 e. The Morgan fingerprint density at radius 2 is 2.15 bits per heavy atom. The van der Waals surface area contributed by atoms with E-state index in [0.29, 0.717) is 6.04 Å². The van der Waals surface area contributed by atoms with Crippen LogP contribution in [0.3, 0.4) is 0 Å². The number of rotatable bonds is 1. The van der Waals surface area contributed by atoms with Crippen LogP contribution in [0.2, 0.25) is 0 Å². The average Bonchev–Trinajstić information content (AvgIpc) is 2.53. The van der Waals surface area contributed by atoms with Gasteiger partial charge in [0.1, 0.15) is 5.00 Å². The molecule has 0 aliphatic carbocycles. The predicted molar refractivity (Wildman–Crippen MR) is 54.1 cm³/mol. The molecule has 0 unspecified atom stereocenters. The Balaban J connectivity index is 2.06. The van der Waals surface area contributed by atoms with Crippen molar-refractivity contribution in [1.29, 1.82) is 0 Å². The Kier molecular flexibility index (Phi) is 2.46.